The lowest BCUT2D eigenvalue weighted by atomic mass is 9.90. The molecular weight excluding hydrogens is 347 g/mol. The van der Waals surface area contributed by atoms with Gasteiger partial charge in [-0.3, -0.25) is 0 Å². The molecule has 1 aliphatic heterocycles. The first kappa shape index (κ1) is 15.6. The number of benzene rings is 1. The number of nitrogens with zero attached hydrogens (tertiary/aromatic N) is 6. The molecule has 3 heterocycles. The Hall–Kier alpha value is -1.92. The molecule has 0 radical (unpaired) electrons. The Bertz CT molecular complexity index is 857. The highest BCUT2D eigenvalue weighted by Gasteiger charge is 2.21. The fraction of sp³-hybridized carbons (Fsp3) is 0.375. The van der Waals surface area contributed by atoms with Gasteiger partial charge in [-0.1, -0.05) is 23.2 Å². The van der Waals surface area contributed by atoms with Crippen molar-refractivity contribution in [3.05, 3.63) is 45.9 Å². The van der Waals surface area contributed by atoms with Gasteiger partial charge < -0.3 is 4.90 Å². The van der Waals surface area contributed by atoms with Gasteiger partial charge in [-0.05, 0) is 71.5 Å². The molecule has 0 amide bonds. The minimum absolute atomic E-state index is 0.606. The zero-order valence-corrected chi connectivity index (χ0v) is 14.5. The summed E-state index contributed by atoms with van der Waals surface area (Å²) in [4.78, 5) is 2.27. The van der Waals surface area contributed by atoms with E-state index in [1.807, 2.05) is 30.3 Å². The van der Waals surface area contributed by atoms with E-state index in [4.69, 9.17) is 23.2 Å². The summed E-state index contributed by atoms with van der Waals surface area (Å²) in [5, 5.41) is 17.4. The molecule has 8 heteroatoms. The highest BCUT2D eigenvalue weighted by molar-refractivity contribution is 6.33. The summed E-state index contributed by atoms with van der Waals surface area (Å²) in [5.41, 5.74) is 1.79. The zero-order valence-electron chi connectivity index (χ0n) is 12.9. The number of fused-ring (bicyclic) bond motifs is 1. The number of piperidine rings is 1. The summed E-state index contributed by atoms with van der Waals surface area (Å²) < 4.78 is 1.47. The highest BCUT2D eigenvalue weighted by Crippen LogP contribution is 2.28. The average molecular weight is 363 g/mol. The van der Waals surface area contributed by atoms with Gasteiger partial charge in [0.25, 0.3) is 0 Å². The third-order valence-electron chi connectivity index (χ3n) is 4.51. The van der Waals surface area contributed by atoms with Crippen molar-refractivity contribution in [1.29, 1.82) is 0 Å². The molecule has 24 heavy (non-hydrogen) atoms. The molecule has 6 nitrogen and oxygen atoms in total. The molecule has 0 saturated carbocycles. The van der Waals surface area contributed by atoms with Crippen molar-refractivity contribution in [2.45, 2.75) is 19.3 Å². The minimum Gasteiger partial charge on any atom is -0.355 e. The molecule has 0 atom stereocenters. The molecule has 0 bridgehead atoms. The van der Waals surface area contributed by atoms with Crippen LogP contribution in [-0.4, -0.2) is 38.3 Å². The summed E-state index contributed by atoms with van der Waals surface area (Å²) in [6, 6.07) is 9.54. The molecule has 0 unspecified atom stereocenters. The molecule has 0 spiro atoms. The van der Waals surface area contributed by atoms with Gasteiger partial charge in [0.15, 0.2) is 11.5 Å². The second-order valence-corrected chi connectivity index (χ2v) is 6.93. The second-order valence-electron chi connectivity index (χ2n) is 6.09. The van der Waals surface area contributed by atoms with Crippen molar-refractivity contribution in [2.75, 3.05) is 18.0 Å². The van der Waals surface area contributed by atoms with Crippen LogP contribution in [0.2, 0.25) is 10.0 Å². The number of tetrazole rings is 1. The van der Waals surface area contributed by atoms with Gasteiger partial charge in [-0.2, -0.15) is 0 Å². The van der Waals surface area contributed by atoms with Crippen LogP contribution in [0, 0.1) is 5.92 Å². The molecule has 1 saturated heterocycles. The van der Waals surface area contributed by atoms with Gasteiger partial charge in [-0.15, -0.1) is 14.8 Å². The van der Waals surface area contributed by atoms with Gasteiger partial charge in [0, 0.05) is 23.1 Å². The molecule has 1 aliphatic rings. The summed E-state index contributed by atoms with van der Waals surface area (Å²) in [5.74, 6) is 1.52. The predicted molar refractivity (Wildman–Crippen MR) is 93.7 cm³/mol. The number of hydrogen-bond acceptors (Lipinski definition) is 5. The van der Waals surface area contributed by atoms with Crippen LogP contribution in [0.3, 0.4) is 0 Å². The van der Waals surface area contributed by atoms with Crippen LogP contribution < -0.4 is 4.90 Å². The molecule has 3 aromatic rings. The Morgan fingerprint density at radius 3 is 2.75 bits per heavy atom. The van der Waals surface area contributed by atoms with Gasteiger partial charge in [0.1, 0.15) is 0 Å². The van der Waals surface area contributed by atoms with E-state index in [9.17, 15) is 0 Å². The first-order chi connectivity index (χ1) is 11.7. The average Bonchev–Trinajstić information content (AvgIpc) is 3.06. The number of halogens is 2. The lowest BCUT2D eigenvalue weighted by Crippen LogP contribution is -2.35. The maximum Gasteiger partial charge on any atom is 0.200 e. The van der Waals surface area contributed by atoms with Crippen molar-refractivity contribution in [1.82, 2.24) is 25.3 Å². The maximum absolute atomic E-state index is 6.28. The molecule has 1 fully saturated rings. The summed E-state index contributed by atoms with van der Waals surface area (Å²) in [7, 11) is 0. The Balaban J connectivity index is 1.42. The largest absolute Gasteiger partial charge is 0.355 e. The van der Waals surface area contributed by atoms with E-state index in [0.29, 0.717) is 11.6 Å². The van der Waals surface area contributed by atoms with E-state index in [1.165, 1.54) is 4.63 Å². The number of rotatable bonds is 3. The Morgan fingerprint density at radius 1 is 1.08 bits per heavy atom. The Kier molecular flexibility index (Phi) is 4.24. The van der Waals surface area contributed by atoms with Gasteiger partial charge in [0.2, 0.25) is 0 Å². The molecule has 0 N–H and O–H groups in total. The first-order valence-corrected chi connectivity index (χ1v) is 8.69. The monoisotopic (exact) mass is 362 g/mol. The first-order valence-electron chi connectivity index (χ1n) is 7.93. The van der Waals surface area contributed by atoms with E-state index >= 15 is 0 Å². The number of hydrogen-bond donors (Lipinski definition) is 0. The Morgan fingerprint density at radius 2 is 1.92 bits per heavy atom. The van der Waals surface area contributed by atoms with Crippen LogP contribution >= 0.6 is 23.2 Å². The molecule has 124 valence electrons. The SMILES string of the molecule is Clc1ccc(Cl)c(CC2CCN(c3ccc4nnnn4n3)CC2)c1. The van der Waals surface area contributed by atoms with Crippen LogP contribution in [0.25, 0.3) is 5.65 Å². The van der Waals surface area contributed by atoms with Crippen LogP contribution in [0.5, 0.6) is 0 Å². The standard InChI is InChI=1S/C16H16Cl2N6/c17-13-1-2-14(18)12(10-13)9-11-5-7-23(8-6-11)16-4-3-15-19-21-22-24(15)20-16/h1-4,10-11H,5-9H2. The maximum atomic E-state index is 6.28. The fourth-order valence-corrected chi connectivity index (χ4v) is 3.58. The molecular formula is C16H16Cl2N6. The van der Waals surface area contributed by atoms with Gasteiger partial charge >= 0.3 is 0 Å². The van der Waals surface area contributed by atoms with E-state index in [-0.39, 0.29) is 0 Å². The summed E-state index contributed by atoms with van der Waals surface area (Å²) in [6.45, 7) is 1.92. The van der Waals surface area contributed by atoms with Gasteiger partial charge in [0.05, 0.1) is 0 Å². The quantitative estimate of drug-likeness (QED) is 0.715. The van der Waals surface area contributed by atoms with Gasteiger partial charge in [-0.25, -0.2) is 0 Å². The van der Waals surface area contributed by atoms with E-state index in [2.05, 4.69) is 25.5 Å². The normalized spacial score (nSPS) is 16.0. The Labute approximate surface area is 149 Å². The smallest absolute Gasteiger partial charge is 0.200 e. The fourth-order valence-electron chi connectivity index (χ4n) is 3.19. The van der Waals surface area contributed by atoms with Crippen LogP contribution in [0.4, 0.5) is 5.82 Å². The van der Waals surface area contributed by atoms with E-state index < -0.39 is 0 Å². The number of aromatic nitrogens is 5. The minimum atomic E-state index is 0.606. The predicted octanol–water partition coefficient (Wildman–Crippen LogP) is 3.29. The van der Waals surface area contributed by atoms with Crippen molar-refractivity contribution in [3.8, 4) is 0 Å². The molecule has 4 rings (SSSR count). The highest BCUT2D eigenvalue weighted by atomic mass is 35.5. The topological polar surface area (TPSA) is 59.2 Å². The van der Waals surface area contributed by atoms with E-state index in [0.717, 1.165) is 53.8 Å². The van der Waals surface area contributed by atoms with Crippen molar-refractivity contribution in [3.63, 3.8) is 0 Å². The van der Waals surface area contributed by atoms with E-state index in [1.54, 1.807) is 0 Å². The molecule has 2 aromatic heterocycles. The van der Waals surface area contributed by atoms with Crippen molar-refractivity contribution in [2.24, 2.45) is 5.92 Å². The number of anilines is 1. The van der Waals surface area contributed by atoms with Crippen LogP contribution in [0.15, 0.2) is 30.3 Å². The molecule has 0 aliphatic carbocycles. The second kappa shape index (κ2) is 6.53. The lowest BCUT2D eigenvalue weighted by molar-refractivity contribution is 0.401. The van der Waals surface area contributed by atoms with Crippen LogP contribution in [0.1, 0.15) is 18.4 Å². The summed E-state index contributed by atoms with van der Waals surface area (Å²) >= 11 is 12.4. The molecule has 1 aromatic carbocycles. The van der Waals surface area contributed by atoms with Crippen molar-refractivity contribution >= 4 is 34.7 Å². The summed E-state index contributed by atoms with van der Waals surface area (Å²) in [6.07, 6.45) is 3.16. The lowest BCUT2D eigenvalue weighted by Gasteiger charge is -2.32. The van der Waals surface area contributed by atoms with Crippen molar-refractivity contribution < 1.29 is 0 Å². The third kappa shape index (κ3) is 3.16. The zero-order chi connectivity index (χ0) is 16.5. The third-order valence-corrected chi connectivity index (χ3v) is 5.11. The van der Waals surface area contributed by atoms with Crippen LogP contribution in [-0.2, 0) is 6.42 Å².